The van der Waals surface area contributed by atoms with Crippen molar-refractivity contribution in [1.82, 2.24) is 0 Å². The van der Waals surface area contributed by atoms with Crippen LogP contribution in [0.25, 0.3) is 0 Å². The number of Topliss-reactive ketones (excluding diaryl/α,β-unsaturated/α-hetero) is 1. The van der Waals surface area contributed by atoms with Gasteiger partial charge in [-0.15, -0.1) is 0 Å². The molecule has 0 amide bonds. The van der Waals surface area contributed by atoms with Crippen molar-refractivity contribution in [3.05, 3.63) is 70.3 Å². The molecule has 0 aliphatic carbocycles. The first-order valence-corrected chi connectivity index (χ1v) is 9.25. The molecule has 2 heteroatoms. The first-order valence-electron chi connectivity index (χ1n) is 9.25. The first-order chi connectivity index (χ1) is 11.6. The molecular weight excluding hydrogens is 308 g/mol. The van der Waals surface area contributed by atoms with Crippen molar-refractivity contribution in [2.45, 2.75) is 66.7 Å². The summed E-state index contributed by atoms with van der Waals surface area (Å²) in [6, 6.07) is 14.7. The molecule has 2 aromatic rings. The van der Waals surface area contributed by atoms with Crippen molar-refractivity contribution >= 4 is 5.78 Å². The second-order valence-corrected chi connectivity index (χ2v) is 6.10. The molecule has 2 nitrogen and oxygen atoms in total. The number of hydrogen-bond acceptors (Lipinski definition) is 1. The summed E-state index contributed by atoms with van der Waals surface area (Å²) in [6.07, 6.45) is 2.59. The molecule has 0 saturated heterocycles. The van der Waals surface area contributed by atoms with Gasteiger partial charge in [0.2, 0.25) is 0 Å². The van der Waals surface area contributed by atoms with Gasteiger partial charge in [-0.25, -0.2) is 0 Å². The van der Waals surface area contributed by atoms with Gasteiger partial charge in [0.15, 0.2) is 5.78 Å². The maximum Gasteiger partial charge on any atom is 0.164 e. The quantitative estimate of drug-likeness (QED) is 0.609. The number of aryl methyl sites for hydroxylation is 3. The van der Waals surface area contributed by atoms with E-state index in [4.69, 9.17) is 0 Å². The Balaban J connectivity index is 0.00000185. The summed E-state index contributed by atoms with van der Waals surface area (Å²) in [5.74, 6) is 0.576. The standard InChI is InChI=1S/C21H26O.C2H6.H2O/c1-5-17-12-15(3)21(16(4)13-17)20(22)14-18(6-2)19-10-8-7-9-11-19;1-2;/h7-13,18H,5-6,14H2,1-4H3;1-2H3;1H2. The molecule has 0 saturated carbocycles. The van der Waals surface area contributed by atoms with Crippen LogP contribution in [0.3, 0.4) is 0 Å². The number of benzene rings is 2. The maximum atomic E-state index is 12.8. The van der Waals surface area contributed by atoms with E-state index in [1.165, 1.54) is 11.1 Å². The van der Waals surface area contributed by atoms with E-state index in [2.05, 4.69) is 64.1 Å². The van der Waals surface area contributed by atoms with Crippen molar-refractivity contribution in [3.8, 4) is 0 Å². The lowest BCUT2D eigenvalue weighted by molar-refractivity contribution is 0.0971. The van der Waals surface area contributed by atoms with Gasteiger partial charge in [0.05, 0.1) is 0 Å². The lowest BCUT2D eigenvalue weighted by Crippen LogP contribution is -2.10. The number of rotatable bonds is 6. The zero-order valence-corrected chi connectivity index (χ0v) is 16.6. The highest BCUT2D eigenvalue weighted by atomic mass is 16.1. The predicted octanol–water partition coefficient (Wildman–Crippen LogP) is 5.83. The summed E-state index contributed by atoms with van der Waals surface area (Å²) >= 11 is 0. The molecule has 2 N–H and O–H groups in total. The van der Waals surface area contributed by atoms with E-state index in [0.717, 1.165) is 29.5 Å². The van der Waals surface area contributed by atoms with E-state index < -0.39 is 0 Å². The van der Waals surface area contributed by atoms with Crippen molar-refractivity contribution in [2.75, 3.05) is 0 Å². The van der Waals surface area contributed by atoms with Gasteiger partial charge >= 0.3 is 0 Å². The molecule has 0 heterocycles. The summed E-state index contributed by atoms with van der Waals surface area (Å²) < 4.78 is 0. The third kappa shape index (κ3) is 6.13. The SMILES string of the molecule is CC.CCc1cc(C)c(C(=O)CC(CC)c2ccccc2)c(C)c1.O. The fourth-order valence-corrected chi connectivity index (χ4v) is 3.25. The van der Waals surface area contributed by atoms with Crippen molar-refractivity contribution in [2.24, 2.45) is 0 Å². The highest BCUT2D eigenvalue weighted by molar-refractivity contribution is 5.99. The van der Waals surface area contributed by atoms with Gasteiger partial charge in [-0.05, 0) is 54.9 Å². The van der Waals surface area contributed by atoms with Crippen LogP contribution in [0, 0.1) is 13.8 Å². The Labute approximate surface area is 153 Å². The van der Waals surface area contributed by atoms with E-state index in [-0.39, 0.29) is 11.3 Å². The molecule has 138 valence electrons. The largest absolute Gasteiger partial charge is 0.412 e. The predicted molar refractivity (Wildman–Crippen MR) is 109 cm³/mol. The smallest absolute Gasteiger partial charge is 0.164 e. The van der Waals surface area contributed by atoms with Crippen LogP contribution in [-0.2, 0) is 6.42 Å². The van der Waals surface area contributed by atoms with Crippen LogP contribution < -0.4 is 0 Å². The zero-order chi connectivity index (χ0) is 18.1. The summed E-state index contributed by atoms with van der Waals surface area (Å²) in [5.41, 5.74) is 5.72. The normalized spacial score (nSPS) is 11.0. The Morgan fingerprint density at radius 3 is 1.92 bits per heavy atom. The van der Waals surface area contributed by atoms with Crippen LogP contribution in [0.5, 0.6) is 0 Å². The lowest BCUT2D eigenvalue weighted by atomic mass is 9.86. The summed E-state index contributed by atoms with van der Waals surface area (Å²) in [5, 5.41) is 0. The molecule has 1 unspecified atom stereocenters. The number of hydrogen-bond donors (Lipinski definition) is 0. The Kier molecular flexibility index (Phi) is 10.7. The van der Waals surface area contributed by atoms with Gasteiger partial charge in [0.1, 0.15) is 0 Å². The van der Waals surface area contributed by atoms with E-state index in [9.17, 15) is 4.79 Å². The summed E-state index contributed by atoms with van der Waals surface area (Å²) in [6.45, 7) is 12.4. The summed E-state index contributed by atoms with van der Waals surface area (Å²) in [4.78, 5) is 12.8. The second-order valence-electron chi connectivity index (χ2n) is 6.10. The van der Waals surface area contributed by atoms with E-state index in [1.807, 2.05) is 19.9 Å². The monoisotopic (exact) mass is 342 g/mol. The van der Waals surface area contributed by atoms with Gasteiger partial charge in [0.25, 0.3) is 0 Å². The molecule has 0 radical (unpaired) electrons. The number of carbonyl (C=O) groups excluding carboxylic acids is 1. The Morgan fingerprint density at radius 2 is 1.48 bits per heavy atom. The lowest BCUT2D eigenvalue weighted by Gasteiger charge is -2.17. The second kappa shape index (κ2) is 11.6. The number of carbonyl (C=O) groups is 1. The van der Waals surface area contributed by atoms with E-state index in [0.29, 0.717) is 12.3 Å². The Hall–Kier alpha value is -1.93. The van der Waals surface area contributed by atoms with Gasteiger partial charge in [-0.2, -0.15) is 0 Å². The summed E-state index contributed by atoms with van der Waals surface area (Å²) in [7, 11) is 0. The van der Waals surface area contributed by atoms with Gasteiger partial charge in [-0.3, -0.25) is 4.79 Å². The average Bonchev–Trinajstić information content (AvgIpc) is 2.61. The minimum atomic E-state index is 0. The molecule has 0 fully saturated rings. The fourth-order valence-electron chi connectivity index (χ4n) is 3.25. The van der Waals surface area contributed by atoms with Crippen LogP contribution in [0.15, 0.2) is 42.5 Å². The molecule has 0 bridgehead atoms. The van der Waals surface area contributed by atoms with Crippen LogP contribution in [0.2, 0.25) is 0 Å². The van der Waals surface area contributed by atoms with Crippen molar-refractivity contribution in [3.63, 3.8) is 0 Å². The average molecular weight is 343 g/mol. The van der Waals surface area contributed by atoms with Crippen molar-refractivity contribution < 1.29 is 10.3 Å². The van der Waals surface area contributed by atoms with E-state index >= 15 is 0 Å². The molecule has 0 aliphatic heterocycles. The third-order valence-corrected chi connectivity index (χ3v) is 4.48. The highest BCUT2D eigenvalue weighted by Crippen LogP contribution is 2.27. The Morgan fingerprint density at radius 1 is 0.960 bits per heavy atom. The molecule has 0 aliphatic rings. The first kappa shape index (κ1) is 23.1. The molecule has 25 heavy (non-hydrogen) atoms. The molecular formula is C23H34O2. The van der Waals surface area contributed by atoms with Crippen molar-refractivity contribution in [1.29, 1.82) is 0 Å². The van der Waals surface area contributed by atoms with E-state index in [1.54, 1.807) is 0 Å². The minimum absolute atomic E-state index is 0. The highest BCUT2D eigenvalue weighted by Gasteiger charge is 2.18. The van der Waals surface area contributed by atoms with Gasteiger partial charge in [-0.1, -0.05) is 70.2 Å². The third-order valence-electron chi connectivity index (χ3n) is 4.48. The fraction of sp³-hybridized carbons (Fsp3) is 0.435. The molecule has 0 aromatic heterocycles. The molecule has 2 rings (SSSR count). The van der Waals surface area contributed by atoms with Crippen LogP contribution >= 0.6 is 0 Å². The topological polar surface area (TPSA) is 48.6 Å². The minimum Gasteiger partial charge on any atom is -0.412 e. The Bertz CT molecular complexity index is 621. The molecule has 1 atom stereocenters. The van der Waals surface area contributed by atoms with Crippen LogP contribution in [0.1, 0.15) is 79.1 Å². The van der Waals surface area contributed by atoms with Crippen LogP contribution in [0.4, 0.5) is 0 Å². The zero-order valence-electron chi connectivity index (χ0n) is 16.6. The van der Waals surface area contributed by atoms with Gasteiger partial charge in [0, 0.05) is 12.0 Å². The maximum absolute atomic E-state index is 12.8. The number of ketones is 1. The van der Waals surface area contributed by atoms with Crippen LogP contribution in [-0.4, -0.2) is 11.3 Å². The van der Waals surface area contributed by atoms with Gasteiger partial charge < -0.3 is 5.48 Å². The molecule has 2 aromatic carbocycles. The molecule has 0 spiro atoms.